The second-order valence-corrected chi connectivity index (χ2v) is 11.1. The maximum absolute atomic E-state index is 6.22. The molecule has 0 fully saturated rings. The van der Waals surface area contributed by atoms with E-state index in [-0.39, 0.29) is 6.04 Å². The molecule has 0 spiro atoms. The Morgan fingerprint density at radius 2 is 1.65 bits per heavy atom. The van der Waals surface area contributed by atoms with Crippen molar-refractivity contribution in [3.63, 3.8) is 0 Å². The summed E-state index contributed by atoms with van der Waals surface area (Å²) in [6.45, 7) is 12.0. The van der Waals surface area contributed by atoms with Crippen LogP contribution < -0.4 is 4.74 Å². The van der Waals surface area contributed by atoms with Gasteiger partial charge in [0.15, 0.2) is 0 Å². The van der Waals surface area contributed by atoms with Crippen molar-refractivity contribution in [3.8, 4) is 28.3 Å². The van der Waals surface area contributed by atoms with Gasteiger partial charge in [0, 0.05) is 47.3 Å². The molecule has 7 heteroatoms. The van der Waals surface area contributed by atoms with Crippen LogP contribution in [-0.4, -0.2) is 40.7 Å². The normalized spacial score (nSPS) is 13.9. The molecule has 0 unspecified atom stereocenters. The van der Waals surface area contributed by atoms with Crippen LogP contribution in [0.1, 0.15) is 44.1 Å². The van der Waals surface area contributed by atoms with Crippen molar-refractivity contribution in [1.82, 2.24) is 14.5 Å². The Morgan fingerprint density at radius 1 is 0.957 bits per heavy atom. The zero-order chi connectivity index (χ0) is 33.0. The summed E-state index contributed by atoms with van der Waals surface area (Å²) in [4.78, 5) is 14.3. The number of rotatable bonds is 11. The van der Waals surface area contributed by atoms with Gasteiger partial charge in [0.1, 0.15) is 11.6 Å². The van der Waals surface area contributed by atoms with E-state index in [1.165, 1.54) is 11.1 Å². The third-order valence-electron chi connectivity index (χ3n) is 7.14. The standard InChI is InChI=1S/C28H29N3O2S.C6H10.C5H7N/c1-32-24-10-6-20(7-11-24)18-33-19-23-4-3-5-26-30-27(21-8-12-25(34-2)13-9-21)28(31(23)26)22-14-16-29-17-15-22;2*1-3-5-6-4-2/h6-17,23H,3-5,18-19H2,1-2H3;3-6H,1-2H3;3-5H,1-2H2/b;5-3-,6-4-;/t23-;;/m0../s1. The highest BCUT2D eigenvalue weighted by molar-refractivity contribution is 7.98. The molecule has 1 atom stereocenters. The predicted molar refractivity (Wildman–Crippen MR) is 196 cm³/mol. The van der Waals surface area contributed by atoms with Gasteiger partial charge in [-0.05, 0) is 74.9 Å². The van der Waals surface area contributed by atoms with Crippen LogP contribution in [0, 0.1) is 0 Å². The van der Waals surface area contributed by atoms with E-state index >= 15 is 0 Å². The van der Waals surface area contributed by atoms with Crippen molar-refractivity contribution in [2.75, 3.05) is 20.0 Å². The third-order valence-corrected chi connectivity index (χ3v) is 7.88. The number of ether oxygens (including phenoxy) is 2. The van der Waals surface area contributed by atoms with Crippen molar-refractivity contribution in [2.24, 2.45) is 4.99 Å². The van der Waals surface area contributed by atoms with E-state index in [4.69, 9.17) is 14.5 Å². The Kier molecular flexibility index (Phi) is 16.1. The lowest BCUT2D eigenvalue weighted by Gasteiger charge is -2.27. The number of thioether (sulfide) groups is 1. The minimum absolute atomic E-state index is 0.247. The summed E-state index contributed by atoms with van der Waals surface area (Å²) in [5.74, 6) is 2.00. The Morgan fingerprint density at radius 3 is 2.22 bits per heavy atom. The first-order valence-electron chi connectivity index (χ1n) is 15.5. The first-order valence-corrected chi connectivity index (χ1v) is 16.7. The maximum atomic E-state index is 6.22. The summed E-state index contributed by atoms with van der Waals surface area (Å²) in [6, 6.07) is 21.2. The minimum atomic E-state index is 0.247. The fourth-order valence-corrected chi connectivity index (χ4v) is 5.35. The van der Waals surface area contributed by atoms with Gasteiger partial charge in [0.05, 0.1) is 37.8 Å². The first kappa shape index (κ1) is 36.0. The number of imidazole rings is 1. The van der Waals surface area contributed by atoms with Gasteiger partial charge in [-0.25, -0.2) is 4.98 Å². The minimum Gasteiger partial charge on any atom is -0.497 e. The fourth-order valence-electron chi connectivity index (χ4n) is 4.95. The maximum Gasteiger partial charge on any atom is 0.118 e. The van der Waals surface area contributed by atoms with Gasteiger partial charge in [-0.3, -0.25) is 9.98 Å². The summed E-state index contributed by atoms with van der Waals surface area (Å²) in [5, 5.41) is 0. The fraction of sp³-hybridized carbons (Fsp3) is 0.256. The predicted octanol–water partition coefficient (Wildman–Crippen LogP) is 9.96. The van der Waals surface area contributed by atoms with Gasteiger partial charge >= 0.3 is 0 Å². The molecular weight excluding hydrogens is 589 g/mol. The molecule has 0 aliphatic carbocycles. The molecule has 46 heavy (non-hydrogen) atoms. The average Bonchev–Trinajstić information content (AvgIpc) is 3.51. The van der Waals surface area contributed by atoms with Gasteiger partial charge < -0.3 is 14.0 Å². The number of fused-ring (bicyclic) bond motifs is 1. The number of benzene rings is 2. The van der Waals surface area contributed by atoms with Crippen molar-refractivity contribution in [2.45, 2.75) is 50.7 Å². The molecule has 4 aromatic rings. The zero-order valence-electron chi connectivity index (χ0n) is 27.5. The summed E-state index contributed by atoms with van der Waals surface area (Å²) in [6.07, 6.45) is 21.6. The van der Waals surface area contributed by atoms with Gasteiger partial charge in [-0.15, -0.1) is 11.8 Å². The largest absolute Gasteiger partial charge is 0.497 e. The number of aromatic nitrogens is 3. The van der Waals surface area contributed by atoms with Crippen LogP contribution in [-0.2, 0) is 17.8 Å². The highest BCUT2D eigenvalue weighted by Crippen LogP contribution is 2.39. The second-order valence-electron chi connectivity index (χ2n) is 10.2. The van der Waals surface area contributed by atoms with Crippen LogP contribution >= 0.6 is 11.8 Å². The number of methoxy groups -OCH3 is 1. The molecule has 0 saturated heterocycles. The van der Waals surface area contributed by atoms with Crippen LogP contribution in [0.4, 0.5) is 0 Å². The molecule has 1 aliphatic heterocycles. The van der Waals surface area contributed by atoms with E-state index in [1.807, 2.05) is 62.7 Å². The zero-order valence-corrected chi connectivity index (χ0v) is 28.3. The summed E-state index contributed by atoms with van der Waals surface area (Å²) < 4.78 is 13.9. The highest BCUT2D eigenvalue weighted by atomic mass is 32.2. The summed E-state index contributed by atoms with van der Waals surface area (Å²) in [5.41, 5.74) is 5.62. The average molecular weight is 635 g/mol. The first-order chi connectivity index (χ1) is 22.6. The Balaban J connectivity index is 0.000000410. The van der Waals surface area contributed by atoms with E-state index in [9.17, 15) is 0 Å². The van der Waals surface area contributed by atoms with E-state index < -0.39 is 0 Å². The van der Waals surface area contributed by atoms with Gasteiger partial charge in [0.25, 0.3) is 0 Å². The molecule has 2 aromatic carbocycles. The van der Waals surface area contributed by atoms with Crippen LogP contribution in [0.2, 0.25) is 0 Å². The number of nitrogens with zero attached hydrogens (tertiary/aromatic N) is 4. The van der Waals surface area contributed by atoms with Crippen LogP contribution in [0.5, 0.6) is 5.75 Å². The molecule has 0 N–H and O–H groups in total. The quantitative estimate of drug-likeness (QED) is 0.0934. The monoisotopic (exact) mass is 634 g/mol. The van der Waals surface area contributed by atoms with Crippen molar-refractivity contribution in [1.29, 1.82) is 0 Å². The summed E-state index contributed by atoms with van der Waals surface area (Å²) in [7, 11) is 1.68. The van der Waals surface area contributed by atoms with Gasteiger partial charge in [-0.2, -0.15) is 0 Å². The number of aliphatic imine (C=N–C) groups is 1. The Hall–Kier alpha value is -4.46. The Labute approximate surface area is 279 Å². The SMILES string of the molecule is C/C=C\C=C/C.C=CC=NC=C.COc1ccc(COC[C@@H]2CCCc3nc(-c4ccc(SC)cc4)c(-c4ccncc4)n32)cc1. The lowest BCUT2D eigenvalue weighted by molar-refractivity contribution is 0.0827. The number of allylic oxidation sites excluding steroid dienone is 5. The highest BCUT2D eigenvalue weighted by Gasteiger charge is 2.28. The molecule has 240 valence electrons. The molecule has 5 rings (SSSR count). The lowest BCUT2D eigenvalue weighted by atomic mass is 10.0. The molecule has 3 heterocycles. The molecule has 0 bridgehead atoms. The third kappa shape index (κ3) is 10.9. The van der Waals surface area contributed by atoms with Crippen molar-refractivity contribution >= 4 is 18.0 Å². The van der Waals surface area contributed by atoms with Crippen molar-refractivity contribution < 1.29 is 9.47 Å². The van der Waals surface area contributed by atoms with E-state index in [0.717, 1.165) is 58.9 Å². The van der Waals surface area contributed by atoms with Gasteiger partial charge in [0.2, 0.25) is 0 Å². The van der Waals surface area contributed by atoms with Crippen LogP contribution in [0.15, 0.2) is 133 Å². The lowest BCUT2D eigenvalue weighted by Crippen LogP contribution is -2.23. The van der Waals surface area contributed by atoms with E-state index in [1.54, 1.807) is 31.2 Å². The van der Waals surface area contributed by atoms with E-state index in [2.05, 4.69) is 82.5 Å². The van der Waals surface area contributed by atoms with Crippen LogP contribution in [0.3, 0.4) is 0 Å². The molecule has 2 aromatic heterocycles. The smallest absolute Gasteiger partial charge is 0.118 e. The molecule has 0 radical (unpaired) electrons. The second kappa shape index (κ2) is 20.5. The van der Waals surface area contributed by atoms with Crippen LogP contribution in [0.25, 0.3) is 22.5 Å². The Bertz CT molecular complexity index is 1540. The molecule has 6 nitrogen and oxygen atoms in total. The molecular formula is C39H46N4O2S. The number of hydrogen-bond donors (Lipinski definition) is 0. The molecule has 0 saturated carbocycles. The topological polar surface area (TPSA) is 61.5 Å². The molecule has 1 aliphatic rings. The van der Waals surface area contributed by atoms with Gasteiger partial charge in [-0.1, -0.05) is 67.8 Å². The summed E-state index contributed by atoms with van der Waals surface area (Å²) >= 11 is 1.75. The van der Waals surface area contributed by atoms with E-state index in [0.29, 0.717) is 13.2 Å². The van der Waals surface area contributed by atoms with Crippen molar-refractivity contribution in [3.05, 3.63) is 134 Å². The number of pyridine rings is 1. The number of hydrogen-bond acceptors (Lipinski definition) is 6. The number of aryl methyl sites for hydroxylation is 1. The molecule has 0 amide bonds.